The Balaban J connectivity index is 1.57. The van der Waals surface area contributed by atoms with Gasteiger partial charge in [0.1, 0.15) is 5.75 Å². The highest BCUT2D eigenvalue weighted by molar-refractivity contribution is 5.74. The fraction of sp³-hybridized carbons (Fsp3) is 0.588. The highest BCUT2D eigenvalue weighted by Crippen LogP contribution is 2.13. The van der Waals surface area contributed by atoms with Crippen LogP contribution in [0, 0.1) is 0 Å². The Labute approximate surface area is 132 Å². The number of hydrogen-bond donors (Lipinski definition) is 1. The van der Waals surface area contributed by atoms with Crippen LogP contribution in [0.1, 0.15) is 26.7 Å². The van der Waals surface area contributed by atoms with E-state index >= 15 is 0 Å². The Hall–Kier alpha value is -1.75. The Morgan fingerprint density at radius 1 is 1.32 bits per heavy atom. The molecule has 122 valence electrons. The maximum absolute atomic E-state index is 12.1. The average molecular weight is 306 g/mol. The third-order valence-corrected chi connectivity index (χ3v) is 4.00. The first-order valence-electron chi connectivity index (χ1n) is 8.02. The van der Waals surface area contributed by atoms with Crippen LogP contribution in [0.15, 0.2) is 30.3 Å². The Bertz CT molecular complexity index is 452. The number of benzene rings is 1. The smallest absolute Gasteiger partial charge is 0.317 e. The van der Waals surface area contributed by atoms with Gasteiger partial charge in [0.05, 0.1) is 25.4 Å². The maximum atomic E-state index is 12.1. The highest BCUT2D eigenvalue weighted by atomic mass is 16.5. The van der Waals surface area contributed by atoms with E-state index < -0.39 is 0 Å². The molecule has 0 aliphatic carbocycles. The molecule has 5 heteroatoms. The van der Waals surface area contributed by atoms with Crippen LogP contribution in [0.2, 0.25) is 0 Å². The van der Waals surface area contributed by atoms with Crippen LogP contribution in [0.4, 0.5) is 4.79 Å². The van der Waals surface area contributed by atoms with Crippen molar-refractivity contribution >= 4 is 6.03 Å². The van der Waals surface area contributed by atoms with Crippen LogP contribution in [0.5, 0.6) is 5.75 Å². The Kier molecular flexibility index (Phi) is 6.52. The number of rotatable bonds is 6. The molecule has 0 aromatic heterocycles. The molecule has 1 N–H and O–H groups in total. The normalized spacial score (nSPS) is 21.5. The molecule has 1 aromatic carbocycles. The van der Waals surface area contributed by atoms with Crippen molar-refractivity contribution in [3.8, 4) is 5.75 Å². The van der Waals surface area contributed by atoms with Gasteiger partial charge in [0.15, 0.2) is 0 Å². The number of amides is 2. The molecule has 1 aliphatic rings. The molecule has 1 saturated heterocycles. The predicted octanol–water partition coefficient (Wildman–Crippen LogP) is 2.66. The molecule has 0 radical (unpaired) electrons. The van der Waals surface area contributed by atoms with Crippen molar-refractivity contribution < 1.29 is 14.3 Å². The number of carbonyl (C=O) groups is 1. The minimum Gasteiger partial charge on any atom is -0.494 e. The first-order valence-corrected chi connectivity index (χ1v) is 8.02. The number of nitrogens with one attached hydrogen (secondary N) is 1. The van der Waals surface area contributed by atoms with E-state index in [1.807, 2.05) is 49.1 Å². The summed E-state index contributed by atoms with van der Waals surface area (Å²) in [6, 6.07) is 9.91. The number of hydrogen-bond acceptors (Lipinski definition) is 3. The fourth-order valence-corrected chi connectivity index (χ4v) is 2.45. The van der Waals surface area contributed by atoms with Gasteiger partial charge in [-0.25, -0.2) is 4.79 Å². The lowest BCUT2D eigenvalue weighted by atomic mass is 10.1. The molecule has 0 saturated carbocycles. The van der Waals surface area contributed by atoms with Crippen molar-refractivity contribution in [3.63, 3.8) is 0 Å². The summed E-state index contributed by atoms with van der Waals surface area (Å²) in [4.78, 5) is 14.0. The van der Waals surface area contributed by atoms with Gasteiger partial charge in [-0.15, -0.1) is 0 Å². The summed E-state index contributed by atoms with van der Waals surface area (Å²) < 4.78 is 11.2. The van der Waals surface area contributed by atoms with Gasteiger partial charge in [-0.1, -0.05) is 18.2 Å². The van der Waals surface area contributed by atoms with Crippen LogP contribution >= 0.6 is 0 Å². The number of unbranched alkanes of at least 4 members (excludes halogenated alkanes) is 1. The lowest BCUT2D eigenvalue weighted by Crippen LogP contribution is -2.54. The van der Waals surface area contributed by atoms with Gasteiger partial charge < -0.3 is 19.7 Å². The zero-order valence-corrected chi connectivity index (χ0v) is 13.5. The van der Waals surface area contributed by atoms with E-state index in [0.29, 0.717) is 26.3 Å². The molecule has 1 fully saturated rings. The van der Waals surface area contributed by atoms with E-state index in [-0.39, 0.29) is 18.2 Å². The maximum Gasteiger partial charge on any atom is 0.317 e. The van der Waals surface area contributed by atoms with E-state index in [9.17, 15) is 4.79 Å². The molecule has 1 aliphatic heterocycles. The van der Waals surface area contributed by atoms with Crippen molar-refractivity contribution in [2.75, 3.05) is 26.3 Å². The standard InChI is InChI=1S/C17H26N2O3/c1-14-15(2)21-13-11-19(14)17(20)18-10-6-7-12-22-16-8-4-3-5-9-16/h3-5,8-9,14-15H,6-7,10-13H2,1-2H3,(H,18,20)/t14-,15+/m0/s1. The topological polar surface area (TPSA) is 50.8 Å². The minimum absolute atomic E-state index is 0.00614. The molecule has 0 unspecified atom stereocenters. The summed E-state index contributed by atoms with van der Waals surface area (Å²) in [5.41, 5.74) is 0. The highest BCUT2D eigenvalue weighted by Gasteiger charge is 2.28. The van der Waals surface area contributed by atoms with Crippen LogP contribution < -0.4 is 10.1 Å². The first kappa shape index (κ1) is 16.6. The third-order valence-electron chi connectivity index (χ3n) is 4.00. The van der Waals surface area contributed by atoms with Crippen molar-refractivity contribution in [3.05, 3.63) is 30.3 Å². The van der Waals surface area contributed by atoms with Gasteiger partial charge in [-0.3, -0.25) is 0 Å². The molecular formula is C17H26N2O3. The molecule has 2 rings (SSSR count). The molecule has 1 heterocycles. The minimum atomic E-state index is 0.00614. The largest absolute Gasteiger partial charge is 0.494 e. The SMILES string of the molecule is C[C@H]1OCCN(C(=O)NCCCCOc2ccccc2)[C@H]1C. The number of para-hydroxylation sites is 1. The lowest BCUT2D eigenvalue weighted by molar-refractivity contribution is -0.0376. The summed E-state index contributed by atoms with van der Waals surface area (Å²) in [5.74, 6) is 0.891. The van der Waals surface area contributed by atoms with Gasteiger partial charge in [-0.2, -0.15) is 0 Å². The number of carbonyl (C=O) groups excluding carboxylic acids is 1. The third kappa shape index (κ3) is 4.91. The van der Waals surface area contributed by atoms with E-state index in [0.717, 1.165) is 18.6 Å². The summed E-state index contributed by atoms with van der Waals surface area (Å²) >= 11 is 0. The average Bonchev–Trinajstić information content (AvgIpc) is 2.54. The second kappa shape index (κ2) is 8.63. The van der Waals surface area contributed by atoms with Gasteiger partial charge in [0, 0.05) is 13.1 Å². The molecule has 1 aromatic rings. The first-order chi connectivity index (χ1) is 10.7. The van der Waals surface area contributed by atoms with Gasteiger partial charge in [0.2, 0.25) is 0 Å². The number of ether oxygens (including phenoxy) is 2. The Morgan fingerprint density at radius 3 is 2.86 bits per heavy atom. The van der Waals surface area contributed by atoms with E-state index in [1.165, 1.54) is 0 Å². The molecule has 2 amide bonds. The zero-order valence-electron chi connectivity index (χ0n) is 13.5. The monoisotopic (exact) mass is 306 g/mol. The van der Waals surface area contributed by atoms with Crippen LogP contribution in [-0.4, -0.2) is 49.4 Å². The van der Waals surface area contributed by atoms with Crippen LogP contribution in [-0.2, 0) is 4.74 Å². The lowest BCUT2D eigenvalue weighted by Gasteiger charge is -2.37. The number of nitrogens with zero attached hydrogens (tertiary/aromatic N) is 1. The summed E-state index contributed by atoms with van der Waals surface area (Å²) in [6.45, 7) is 6.65. The molecular weight excluding hydrogens is 280 g/mol. The van der Waals surface area contributed by atoms with E-state index in [4.69, 9.17) is 9.47 Å². The fourth-order valence-electron chi connectivity index (χ4n) is 2.45. The van der Waals surface area contributed by atoms with Crippen LogP contribution in [0.25, 0.3) is 0 Å². The number of urea groups is 1. The van der Waals surface area contributed by atoms with Gasteiger partial charge in [0.25, 0.3) is 0 Å². The van der Waals surface area contributed by atoms with Crippen molar-refractivity contribution in [2.45, 2.75) is 38.8 Å². The molecule has 2 atom stereocenters. The second-order valence-electron chi connectivity index (χ2n) is 5.61. The summed E-state index contributed by atoms with van der Waals surface area (Å²) in [5, 5.41) is 2.98. The molecule has 0 spiro atoms. The quantitative estimate of drug-likeness (QED) is 0.822. The van der Waals surface area contributed by atoms with Crippen molar-refractivity contribution in [1.82, 2.24) is 10.2 Å². The van der Waals surface area contributed by atoms with E-state index in [1.54, 1.807) is 0 Å². The van der Waals surface area contributed by atoms with Gasteiger partial charge in [-0.05, 0) is 38.8 Å². The Morgan fingerprint density at radius 2 is 2.09 bits per heavy atom. The second-order valence-corrected chi connectivity index (χ2v) is 5.61. The molecule has 0 bridgehead atoms. The summed E-state index contributed by atoms with van der Waals surface area (Å²) in [6.07, 6.45) is 1.93. The summed E-state index contributed by atoms with van der Waals surface area (Å²) in [7, 11) is 0. The molecule has 5 nitrogen and oxygen atoms in total. The molecule has 22 heavy (non-hydrogen) atoms. The van der Waals surface area contributed by atoms with Gasteiger partial charge >= 0.3 is 6.03 Å². The van der Waals surface area contributed by atoms with Crippen molar-refractivity contribution in [1.29, 1.82) is 0 Å². The van der Waals surface area contributed by atoms with Crippen LogP contribution in [0.3, 0.4) is 0 Å². The number of morpholine rings is 1. The van der Waals surface area contributed by atoms with Crippen molar-refractivity contribution in [2.24, 2.45) is 0 Å². The zero-order chi connectivity index (χ0) is 15.8. The van der Waals surface area contributed by atoms with E-state index in [2.05, 4.69) is 5.32 Å². The predicted molar refractivity (Wildman–Crippen MR) is 86.2 cm³/mol.